The van der Waals surface area contributed by atoms with Crippen LogP contribution in [0, 0.1) is 19.7 Å². The van der Waals surface area contributed by atoms with Gasteiger partial charge in [0.05, 0.1) is 11.3 Å². The van der Waals surface area contributed by atoms with Gasteiger partial charge in [-0.25, -0.2) is 14.4 Å². The highest BCUT2D eigenvalue weighted by Gasteiger charge is 2.40. The Morgan fingerprint density at radius 3 is 2.51 bits per heavy atom. The van der Waals surface area contributed by atoms with Crippen molar-refractivity contribution in [3.05, 3.63) is 81.4 Å². The van der Waals surface area contributed by atoms with E-state index in [2.05, 4.69) is 22.0 Å². The second kappa shape index (κ2) is 9.63. The Morgan fingerprint density at radius 1 is 1.17 bits per heavy atom. The molecule has 0 saturated carbocycles. The number of hydrogen-bond acceptors (Lipinski definition) is 6. The number of aromatic nitrogens is 2. The van der Waals surface area contributed by atoms with Gasteiger partial charge in [-0.15, -0.1) is 11.3 Å². The molecule has 11 heteroatoms. The molecule has 2 aromatic carbocycles. The molecular formula is C24H17ClF4N4OS. The van der Waals surface area contributed by atoms with Crippen LogP contribution >= 0.6 is 22.9 Å². The molecule has 4 aromatic rings. The largest absolute Gasteiger partial charge is 0.433 e. The molecule has 0 amide bonds. The Bertz CT molecular complexity index is 1410. The minimum Gasteiger partial charge on any atom is -0.355 e. The standard InChI is InChI=1S/C24H17ClF4N4OS/c1-13-6-4-9-17(26)20(13)22-21(23-31-14(2)12-35-23)18(34-32-22)11-19(24(27,28)29)33(30-3)16-8-5-7-15(25)10-16/h4-12H,3H2,1-2H3/b19-11+. The van der Waals surface area contributed by atoms with Gasteiger partial charge in [0, 0.05) is 34.5 Å². The topological polar surface area (TPSA) is 54.5 Å². The summed E-state index contributed by atoms with van der Waals surface area (Å²) in [6.45, 7) is 6.70. The Kier molecular flexibility index (Phi) is 6.77. The molecule has 0 unspecified atom stereocenters. The fourth-order valence-electron chi connectivity index (χ4n) is 3.47. The van der Waals surface area contributed by atoms with E-state index in [0.29, 0.717) is 21.3 Å². The first-order chi connectivity index (χ1) is 16.6. The Labute approximate surface area is 207 Å². The number of halogens is 5. The highest BCUT2D eigenvalue weighted by Crippen LogP contribution is 2.42. The van der Waals surface area contributed by atoms with Crippen molar-refractivity contribution >= 4 is 41.4 Å². The van der Waals surface area contributed by atoms with Crippen molar-refractivity contribution in [2.24, 2.45) is 5.10 Å². The van der Waals surface area contributed by atoms with Crippen molar-refractivity contribution in [1.29, 1.82) is 0 Å². The van der Waals surface area contributed by atoms with Gasteiger partial charge in [-0.3, -0.25) is 0 Å². The number of rotatable bonds is 6. The molecule has 0 aliphatic heterocycles. The zero-order valence-electron chi connectivity index (χ0n) is 18.4. The quantitative estimate of drug-likeness (QED) is 0.147. The summed E-state index contributed by atoms with van der Waals surface area (Å²) in [6.07, 6.45) is -4.13. The third-order valence-corrected chi connectivity index (χ3v) is 6.20. The van der Waals surface area contributed by atoms with E-state index in [1.165, 1.54) is 47.7 Å². The first kappa shape index (κ1) is 24.6. The summed E-state index contributed by atoms with van der Waals surface area (Å²) in [5.41, 5.74) is 0.289. The Balaban J connectivity index is 1.98. The summed E-state index contributed by atoms with van der Waals surface area (Å²) in [4.78, 5) is 4.38. The van der Waals surface area contributed by atoms with Crippen LogP contribution in [0.15, 0.2) is 63.2 Å². The first-order valence-electron chi connectivity index (χ1n) is 10.1. The Morgan fingerprint density at radius 2 is 1.91 bits per heavy atom. The molecule has 0 aliphatic rings. The molecule has 0 fully saturated rings. The summed E-state index contributed by atoms with van der Waals surface area (Å²) in [7, 11) is 0. The van der Waals surface area contributed by atoms with Crippen LogP contribution in [0.2, 0.25) is 5.02 Å². The summed E-state index contributed by atoms with van der Waals surface area (Å²) in [5, 5.41) is 10.4. The summed E-state index contributed by atoms with van der Waals surface area (Å²) in [5.74, 6) is -0.854. The van der Waals surface area contributed by atoms with Gasteiger partial charge in [0.2, 0.25) is 0 Å². The van der Waals surface area contributed by atoms with Crippen molar-refractivity contribution in [3.63, 3.8) is 0 Å². The first-order valence-corrected chi connectivity index (χ1v) is 11.3. The average molecular weight is 521 g/mol. The van der Waals surface area contributed by atoms with Crippen molar-refractivity contribution in [1.82, 2.24) is 10.1 Å². The predicted molar refractivity (Wildman–Crippen MR) is 130 cm³/mol. The maximum absolute atomic E-state index is 14.8. The second-order valence-electron chi connectivity index (χ2n) is 7.46. The van der Waals surface area contributed by atoms with Crippen LogP contribution in [0.4, 0.5) is 23.2 Å². The highest BCUT2D eigenvalue weighted by molar-refractivity contribution is 7.13. The number of aryl methyl sites for hydroxylation is 2. The lowest BCUT2D eigenvalue weighted by molar-refractivity contribution is -0.0924. The van der Waals surface area contributed by atoms with Gasteiger partial charge in [-0.05, 0) is 43.7 Å². The SMILES string of the molecule is C=NN(/C(=C/c1onc(-c2c(C)cccc2F)c1-c1nc(C)cs1)C(F)(F)F)c1cccc(Cl)c1. The molecule has 2 heterocycles. The molecule has 35 heavy (non-hydrogen) atoms. The molecule has 0 saturated heterocycles. The smallest absolute Gasteiger partial charge is 0.355 e. The monoisotopic (exact) mass is 520 g/mol. The molecule has 2 aromatic heterocycles. The molecule has 0 bridgehead atoms. The minimum absolute atomic E-state index is 0.0346. The van der Waals surface area contributed by atoms with Gasteiger partial charge in [0.15, 0.2) is 5.76 Å². The molecule has 5 nitrogen and oxygen atoms in total. The minimum atomic E-state index is -4.87. The van der Waals surface area contributed by atoms with Crippen LogP contribution in [0.25, 0.3) is 27.9 Å². The number of thiazole rings is 1. The van der Waals surface area contributed by atoms with Gasteiger partial charge < -0.3 is 4.52 Å². The van der Waals surface area contributed by atoms with E-state index in [1.54, 1.807) is 25.3 Å². The summed E-state index contributed by atoms with van der Waals surface area (Å²) >= 11 is 7.15. The van der Waals surface area contributed by atoms with Crippen LogP contribution in [0.5, 0.6) is 0 Å². The number of hydrogen-bond donors (Lipinski definition) is 0. The lowest BCUT2D eigenvalue weighted by Gasteiger charge is -2.23. The third-order valence-electron chi connectivity index (χ3n) is 4.99. The predicted octanol–water partition coefficient (Wildman–Crippen LogP) is 7.90. The van der Waals surface area contributed by atoms with E-state index >= 15 is 0 Å². The van der Waals surface area contributed by atoms with Crippen LogP contribution < -0.4 is 5.01 Å². The van der Waals surface area contributed by atoms with E-state index in [0.717, 1.165) is 6.08 Å². The van der Waals surface area contributed by atoms with E-state index in [1.807, 2.05) is 0 Å². The van der Waals surface area contributed by atoms with Crippen LogP contribution in [0.3, 0.4) is 0 Å². The van der Waals surface area contributed by atoms with E-state index in [4.69, 9.17) is 16.1 Å². The van der Waals surface area contributed by atoms with Crippen LogP contribution in [0.1, 0.15) is 17.0 Å². The second-order valence-corrected chi connectivity index (χ2v) is 8.75. The van der Waals surface area contributed by atoms with Gasteiger partial charge in [0.25, 0.3) is 0 Å². The number of allylic oxidation sites excluding steroid dienone is 1. The van der Waals surface area contributed by atoms with Gasteiger partial charge in [-0.2, -0.15) is 18.3 Å². The highest BCUT2D eigenvalue weighted by atomic mass is 35.5. The molecule has 4 rings (SSSR count). The maximum atomic E-state index is 14.8. The van der Waals surface area contributed by atoms with Crippen molar-refractivity contribution in [2.45, 2.75) is 20.0 Å². The van der Waals surface area contributed by atoms with Gasteiger partial charge >= 0.3 is 6.18 Å². The van der Waals surface area contributed by atoms with Crippen LogP contribution in [-0.2, 0) is 0 Å². The third kappa shape index (κ3) is 4.98. The number of alkyl halides is 3. The molecule has 0 atom stereocenters. The molecular weight excluding hydrogens is 504 g/mol. The lowest BCUT2D eigenvalue weighted by atomic mass is 10.0. The maximum Gasteiger partial charge on any atom is 0.433 e. The zero-order chi connectivity index (χ0) is 25.3. The summed E-state index contributed by atoms with van der Waals surface area (Å²) < 4.78 is 62.9. The lowest BCUT2D eigenvalue weighted by Crippen LogP contribution is -2.27. The number of benzene rings is 2. The van der Waals surface area contributed by atoms with Crippen molar-refractivity contribution < 1.29 is 22.1 Å². The van der Waals surface area contributed by atoms with E-state index in [-0.39, 0.29) is 33.3 Å². The van der Waals surface area contributed by atoms with E-state index < -0.39 is 17.7 Å². The Hall–Kier alpha value is -3.50. The van der Waals surface area contributed by atoms with Crippen molar-refractivity contribution in [3.8, 4) is 21.8 Å². The van der Waals surface area contributed by atoms with Gasteiger partial charge in [-0.1, -0.05) is 35.0 Å². The van der Waals surface area contributed by atoms with Crippen molar-refractivity contribution in [2.75, 3.05) is 5.01 Å². The molecule has 0 aliphatic carbocycles. The molecule has 0 N–H and O–H groups in total. The molecule has 0 spiro atoms. The zero-order valence-corrected chi connectivity index (χ0v) is 20.0. The summed E-state index contributed by atoms with van der Waals surface area (Å²) in [6, 6.07) is 10.2. The average Bonchev–Trinajstić information content (AvgIpc) is 3.39. The number of hydrazone groups is 1. The van der Waals surface area contributed by atoms with E-state index in [9.17, 15) is 17.6 Å². The van der Waals surface area contributed by atoms with Crippen LogP contribution in [-0.4, -0.2) is 23.0 Å². The fraction of sp³-hybridized carbons (Fsp3) is 0.125. The number of nitrogens with zero attached hydrogens (tertiary/aromatic N) is 4. The normalized spacial score (nSPS) is 12.1. The molecule has 180 valence electrons. The number of anilines is 1. The van der Waals surface area contributed by atoms with Gasteiger partial charge in [0.1, 0.15) is 22.2 Å². The molecule has 0 radical (unpaired) electrons. The fourth-order valence-corrected chi connectivity index (χ4v) is 4.50.